The molecule has 2 amide bonds. The van der Waals surface area contributed by atoms with Crippen molar-refractivity contribution in [3.8, 4) is 16.9 Å². The van der Waals surface area contributed by atoms with Gasteiger partial charge in [0.15, 0.2) is 5.65 Å². The molecule has 0 spiro atoms. The van der Waals surface area contributed by atoms with Gasteiger partial charge in [-0.05, 0) is 80.1 Å². The Morgan fingerprint density at radius 2 is 1.71 bits per heavy atom. The number of benzene rings is 2. The fraction of sp³-hybridized carbons (Fsp3) is 0.419. The Morgan fingerprint density at radius 3 is 2.45 bits per heavy atom. The first-order chi connectivity index (χ1) is 27.3. The standard InChI is InChI=1S/C43H53N9O4/c1-5-36-34(40(48-32-15-19-56-20-16-32)35-25-47-52(6-2)41(35)50-36)24-46-43(54)38-12-8-11-37(49-38)42(53)45-23-29-13-14-39(55-4)33(22-29)31-10-7-9-30(21-31)27-51-18-17-44-28(3)26-51/h7-14,21-22,25,28,32,44H,5-6,15-20,23-24,26-27H2,1-4H3,(H,45,53)(H,46,54)(H,48,50)/t28-/m0/s1. The van der Waals surface area contributed by atoms with E-state index in [2.05, 4.69) is 80.4 Å². The molecule has 2 fully saturated rings. The second-order valence-electron chi connectivity index (χ2n) is 14.6. The van der Waals surface area contributed by atoms with Crippen LogP contribution in [0, 0.1) is 0 Å². The van der Waals surface area contributed by atoms with Gasteiger partial charge in [0.1, 0.15) is 17.1 Å². The van der Waals surface area contributed by atoms with Gasteiger partial charge in [0, 0.05) is 87.9 Å². The zero-order chi connectivity index (χ0) is 39.0. The van der Waals surface area contributed by atoms with Crippen molar-refractivity contribution < 1.29 is 19.1 Å². The molecule has 5 aromatic rings. The number of nitrogens with one attached hydrogen (secondary N) is 4. The molecule has 2 aliphatic rings. The predicted octanol–water partition coefficient (Wildman–Crippen LogP) is 5.33. The maximum absolute atomic E-state index is 13.6. The average Bonchev–Trinajstić information content (AvgIpc) is 3.65. The van der Waals surface area contributed by atoms with E-state index in [4.69, 9.17) is 14.5 Å². The quantitative estimate of drug-likeness (QED) is 0.117. The van der Waals surface area contributed by atoms with Crippen molar-refractivity contribution in [2.24, 2.45) is 0 Å². The van der Waals surface area contributed by atoms with Crippen LogP contribution >= 0.6 is 0 Å². The number of anilines is 1. The number of rotatable bonds is 14. The van der Waals surface area contributed by atoms with Crippen LogP contribution in [0.2, 0.25) is 0 Å². The van der Waals surface area contributed by atoms with E-state index in [-0.39, 0.29) is 42.3 Å². The van der Waals surface area contributed by atoms with Crippen LogP contribution in [-0.2, 0) is 37.3 Å². The Bertz CT molecular complexity index is 2160. The number of methoxy groups -OCH3 is 1. The molecular weight excluding hydrogens is 707 g/mol. The lowest BCUT2D eigenvalue weighted by Crippen LogP contribution is -2.48. The Kier molecular flexibility index (Phi) is 12.5. The lowest BCUT2D eigenvalue weighted by atomic mass is 9.99. The van der Waals surface area contributed by atoms with E-state index in [0.717, 1.165) is 89.4 Å². The second-order valence-corrected chi connectivity index (χ2v) is 14.6. The monoisotopic (exact) mass is 759 g/mol. The first-order valence-electron chi connectivity index (χ1n) is 19.8. The van der Waals surface area contributed by atoms with Crippen LogP contribution in [0.1, 0.15) is 77.0 Å². The molecule has 2 saturated heterocycles. The summed E-state index contributed by atoms with van der Waals surface area (Å²) in [5.41, 5.74) is 8.06. The molecule has 0 bridgehead atoms. The number of hydrogen-bond acceptors (Lipinski definition) is 10. The summed E-state index contributed by atoms with van der Waals surface area (Å²) in [7, 11) is 1.67. The minimum absolute atomic E-state index is 0.157. The Hall–Kier alpha value is -5.37. The zero-order valence-corrected chi connectivity index (χ0v) is 32.9. The van der Waals surface area contributed by atoms with Crippen LogP contribution < -0.4 is 26.0 Å². The van der Waals surface area contributed by atoms with E-state index in [0.29, 0.717) is 32.2 Å². The molecule has 0 aliphatic carbocycles. The van der Waals surface area contributed by atoms with Gasteiger partial charge in [0.05, 0.1) is 24.4 Å². The predicted molar refractivity (Wildman–Crippen MR) is 218 cm³/mol. The summed E-state index contributed by atoms with van der Waals surface area (Å²) in [6, 6.07) is 20.1. The maximum Gasteiger partial charge on any atom is 0.270 e. The van der Waals surface area contributed by atoms with Crippen LogP contribution in [0.25, 0.3) is 22.2 Å². The molecule has 4 N–H and O–H groups in total. The number of carbonyl (C=O) groups is 2. The second kappa shape index (κ2) is 18.1. The summed E-state index contributed by atoms with van der Waals surface area (Å²) in [6.45, 7) is 12.9. The molecule has 0 saturated carbocycles. The lowest BCUT2D eigenvalue weighted by molar-refractivity contribution is 0.0904. The van der Waals surface area contributed by atoms with Gasteiger partial charge in [-0.1, -0.05) is 37.3 Å². The molecule has 7 rings (SSSR count). The van der Waals surface area contributed by atoms with E-state index in [9.17, 15) is 9.59 Å². The number of nitrogens with zero attached hydrogens (tertiary/aromatic N) is 5. The number of amides is 2. The number of aromatic nitrogens is 4. The van der Waals surface area contributed by atoms with Gasteiger partial charge in [-0.25, -0.2) is 14.6 Å². The van der Waals surface area contributed by atoms with E-state index < -0.39 is 0 Å². The van der Waals surface area contributed by atoms with Crippen LogP contribution in [0.5, 0.6) is 5.75 Å². The van der Waals surface area contributed by atoms with Gasteiger partial charge < -0.3 is 30.7 Å². The number of aryl methyl sites for hydroxylation is 2. The lowest BCUT2D eigenvalue weighted by Gasteiger charge is -2.31. The maximum atomic E-state index is 13.6. The summed E-state index contributed by atoms with van der Waals surface area (Å²) in [5.74, 6) is 0.0114. The largest absolute Gasteiger partial charge is 0.496 e. The van der Waals surface area contributed by atoms with Crippen molar-refractivity contribution in [3.63, 3.8) is 0 Å². The van der Waals surface area contributed by atoms with Gasteiger partial charge >= 0.3 is 0 Å². The Balaban J connectivity index is 1.03. The fourth-order valence-corrected chi connectivity index (χ4v) is 7.66. The highest BCUT2D eigenvalue weighted by Crippen LogP contribution is 2.33. The number of hydrogen-bond donors (Lipinski definition) is 4. The summed E-state index contributed by atoms with van der Waals surface area (Å²) < 4.78 is 13.2. The van der Waals surface area contributed by atoms with Gasteiger partial charge in [-0.15, -0.1) is 0 Å². The average molecular weight is 760 g/mol. The van der Waals surface area contributed by atoms with Crippen molar-refractivity contribution in [1.82, 2.24) is 40.6 Å². The van der Waals surface area contributed by atoms with Crippen molar-refractivity contribution >= 4 is 28.5 Å². The molecular formula is C43H53N9O4. The van der Waals surface area contributed by atoms with E-state index in [1.54, 1.807) is 25.3 Å². The molecule has 0 radical (unpaired) electrons. The smallest absolute Gasteiger partial charge is 0.270 e. The van der Waals surface area contributed by atoms with Crippen molar-refractivity contribution in [3.05, 3.63) is 101 Å². The molecule has 56 heavy (non-hydrogen) atoms. The summed E-state index contributed by atoms with van der Waals surface area (Å²) in [5, 5.41) is 18.8. The van der Waals surface area contributed by atoms with Crippen LogP contribution in [-0.4, -0.2) is 88.5 Å². The SMILES string of the molecule is CCc1nc2c(cnn2CC)c(NC2CCOCC2)c1CNC(=O)c1cccc(C(=O)NCc2ccc(OC)c(-c3cccc(CN4CCN[C@@H](C)C4)c3)c2)n1. The van der Waals surface area contributed by atoms with E-state index >= 15 is 0 Å². The van der Waals surface area contributed by atoms with Crippen LogP contribution in [0.4, 0.5) is 5.69 Å². The fourth-order valence-electron chi connectivity index (χ4n) is 7.66. The highest BCUT2D eigenvalue weighted by Gasteiger charge is 2.23. The molecule has 13 heteroatoms. The van der Waals surface area contributed by atoms with Gasteiger partial charge in [-0.2, -0.15) is 5.10 Å². The number of fused-ring (bicyclic) bond motifs is 1. The topological polar surface area (TPSA) is 148 Å². The molecule has 0 unspecified atom stereocenters. The third kappa shape index (κ3) is 9.01. The molecule has 5 heterocycles. The van der Waals surface area contributed by atoms with Gasteiger partial charge in [-0.3, -0.25) is 14.5 Å². The normalized spacial score (nSPS) is 16.5. The number of ether oxygens (including phenoxy) is 2. The van der Waals surface area contributed by atoms with Crippen LogP contribution in [0.3, 0.4) is 0 Å². The summed E-state index contributed by atoms with van der Waals surface area (Å²) in [4.78, 5) is 38.9. The van der Waals surface area contributed by atoms with Gasteiger partial charge in [0.2, 0.25) is 0 Å². The molecule has 294 valence electrons. The molecule has 3 aromatic heterocycles. The highest BCUT2D eigenvalue weighted by atomic mass is 16.5. The number of piperazine rings is 1. The molecule has 1 atom stereocenters. The number of carbonyl (C=O) groups excluding carboxylic acids is 2. The van der Waals surface area contributed by atoms with E-state index in [1.165, 1.54) is 5.56 Å². The minimum atomic E-state index is -0.378. The first kappa shape index (κ1) is 38.9. The van der Waals surface area contributed by atoms with Crippen molar-refractivity contribution in [1.29, 1.82) is 0 Å². The number of pyridine rings is 2. The Morgan fingerprint density at radius 1 is 0.946 bits per heavy atom. The molecule has 2 aliphatic heterocycles. The first-order valence-corrected chi connectivity index (χ1v) is 19.8. The Labute approximate surface area is 328 Å². The molecule has 13 nitrogen and oxygen atoms in total. The molecule has 2 aromatic carbocycles. The third-order valence-corrected chi connectivity index (χ3v) is 10.6. The minimum Gasteiger partial charge on any atom is -0.496 e. The third-order valence-electron chi connectivity index (χ3n) is 10.6. The van der Waals surface area contributed by atoms with Crippen molar-refractivity contribution in [2.75, 3.05) is 45.3 Å². The summed E-state index contributed by atoms with van der Waals surface area (Å²) >= 11 is 0. The van der Waals surface area contributed by atoms with E-state index in [1.807, 2.05) is 29.9 Å². The zero-order valence-electron chi connectivity index (χ0n) is 32.9. The highest BCUT2D eigenvalue weighted by molar-refractivity contribution is 5.97. The van der Waals surface area contributed by atoms with Crippen LogP contribution in [0.15, 0.2) is 66.9 Å². The van der Waals surface area contributed by atoms with Gasteiger partial charge in [0.25, 0.3) is 11.8 Å². The van der Waals surface area contributed by atoms with Crippen molar-refractivity contribution in [2.45, 2.75) is 78.3 Å². The summed E-state index contributed by atoms with van der Waals surface area (Å²) in [6.07, 6.45) is 4.32.